The van der Waals surface area contributed by atoms with E-state index in [9.17, 15) is 14.0 Å². The van der Waals surface area contributed by atoms with Gasteiger partial charge >= 0.3 is 0 Å². The molecule has 0 aromatic heterocycles. The molecule has 1 N–H and O–H groups in total. The third-order valence-electron chi connectivity index (χ3n) is 5.47. The Morgan fingerprint density at radius 1 is 0.912 bits per heavy atom. The number of nitrogens with one attached hydrogen (secondary N) is 1. The molecule has 0 aliphatic rings. The van der Waals surface area contributed by atoms with Crippen LogP contribution in [-0.4, -0.2) is 29.3 Å². The lowest BCUT2D eigenvalue weighted by Crippen LogP contribution is -2.51. The van der Waals surface area contributed by atoms with Gasteiger partial charge in [0, 0.05) is 24.5 Å². The van der Waals surface area contributed by atoms with Crippen molar-refractivity contribution in [2.75, 3.05) is 6.54 Å². The first kappa shape index (κ1) is 25.4. The molecule has 0 unspecified atom stereocenters. The molecular weight excluding hydrogens is 451 g/mol. The highest BCUT2D eigenvalue weighted by molar-refractivity contribution is 6.30. The van der Waals surface area contributed by atoms with E-state index in [2.05, 4.69) is 5.32 Å². The molecule has 6 heteroatoms. The molecule has 0 bridgehead atoms. The topological polar surface area (TPSA) is 49.4 Å². The van der Waals surface area contributed by atoms with Crippen LogP contribution in [0.25, 0.3) is 0 Å². The van der Waals surface area contributed by atoms with Crippen molar-refractivity contribution in [3.63, 3.8) is 0 Å². The molecule has 0 aliphatic heterocycles. The molecule has 3 rings (SSSR count). The second-order valence-corrected chi connectivity index (χ2v) is 9.24. The molecular formula is C28H30ClFN2O2. The van der Waals surface area contributed by atoms with Gasteiger partial charge in [0.15, 0.2) is 0 Å². The van der Waals surface area contributed by atoms with Crippen molar-refractivity contribution in [3.8, 4) is 0 Å². The number of hydrogen-bond acceptors (Lipinski definition) is 2. The minimum absolute atomic E-state index is 0.0591. The highest BCUT2D eigenvalue weighted by Gasteiger charge is 2.30. The van der Waals surface area contributed by atoms with Crippen molar-refractivity contribution in [1.29, 1.82) is 0 Å². The molecule has 4 nitrogen and oxygen atoms in total. The van der Waals surface area contributed by atoms with Crippen molar-refractivity contribution < 1.29 is 14.0 Å². The molecule has 3 aromatic rings. The van der Waals surface area contributed by atoms with Crippen LogP contribution in [-0.2, 0) is 29.0 Å². The summed E-state index contributed by atoms with van der Waals surface area (Å²) >= 11 is 6.19. The Morgan fingerprint density at radius 2 is 1.59 bits per heavy atom. The van der Waals surface area contributed by atoms with Gasteiger partial charge in [-0.2, -0.15) is 0 Å². The Balaban J connectivity index is 1.94. The van der Waals surface area contributed by atoms with Crippen LogP contribution in [0.4, 0.5) is 4.39 Å². The van der Waals surface area contributed by atoms with Crippen LogP contribution in [0.5, 0.6) is 0 Å². The normalized spacial score (nSPS) is 11.8. The highest BCUT2D eigenvalue weighted by Crippen LogP contribution is 2.19. The number of amides is 2. The Morgan fingerprint density at radius 3 is 2.24 bits per heavy atom. The molecule has 3 aromatic carbocycles. The van der Waals surface area contributed by atoms with Gasteiger partial charge in [-0.05, 0) is 46.9 Å². The molecule has 2 amide bonds. The van der Waals surface area contributed by atoms with E-state index < -0.39 is 6.04 Å². The van der Waals surface area contributed by atoms with Crippen molar-refractivity contribution in [3.05, 3.63) is 106 Å². The molecule has 0 saturated heterocycles. The van der Waals surface area contributed by atoms with E-state index in [1.54, 1.807) is 29.2 Å². The summed E-state index contributed by atoms with van der Waals surface area (Å²) in [5.41, 5.74) is 2.47. The fourth-order valence-corrected chi connectivity index (χ4v) is 3.90. The van der Waals surface area contributed by atoms with Crippen molar-refractivity contribution in [2.45, 2.75) is 39.3 Å². The van der Waals surface area contributed by atoms with Crippen molar-refractivity contribution in [1.82, 2.24) is 10.2 Å². The Labute approximate surface area is 205 Å². The van der Waals surface area contributed by atoms with Gasteiger partial charge in [-0.1, -0.05) is 80.0 Å². The first-order valence-electron chi connectivity index (χ1n) is 11.4. The lowest BCUT2D eigenvalue weighted by atomic mass is 10.0. The first-order valence-corrected chi connectivity index (χ1v) is 11.8. The van der Waals surface area contributed by atoms with E-state index in [4.69, 9.17) is 11.6 Å². The summed E-state index contributed by atoms with van der Waals surface area (Å²) in [6.07, 6.45) is 0.435. The number of carbonyl (C=O) groups is 2. The predicted molar refractivity (Wildman–Crippen MR) is 134 cm³/mol. The molecule has 178 valence electrons. The second-order valence-electron chi connectivity index (χ2n) is 8.80. The number of nitrogens with zero attached hydrogens (tertiary/aromatic N) is 1. The molecule has 1 atom stereocenters. The lowest BCUT2D eigenvalue weighted by molar-refractivity contribution is -0.140. The Bertz CT molecular complexity index is 1090. The number of rotatable bonds is 10. The largest absolute Gasteiger partial charge is 0.354 e. The number of benzene rings is 3. The highest BCUT2D eigenvalue weighted by atomic mass is 35.5. The summed E-state index contributed by atoms with van der Waals surface area (Å²) in [7, 11) is 0. The van der Waals surface area contributed by atoms with E-state index in [-0.39, 0.29) is 36.5 Å². The lowest BCUT2D eigenvalue weighted by Gasteiger charge is -2.32. The predicted octanol–water partition coefficient (Wildman–Crippen LogP) is 5.43. The van der Waals surface area contributed by atoms with Gasteiger partial charge in [0.25, 0.3) is 0 Å². The molecule has 0 spiro atoms. The third-order valence-corrected chi connectivity index (χ3v) is 5.70. The van der Waals surface area contributed by atoms with Gasteiger partial charge in [-0.25, -0.2) is 4.39 Å². The maximum absolute atomic E-state index is 13.6. The van der Waals surface area contributed by atoms with Crippen LogP contribution < -0.4 is 5.32 Å². The minimum atomic E-state index is -0.715. The van der Waals surface area contributed by atoms with Crippen LogP contribution in [0.3, 0.4) is 0 Å². The van der Waals surface area contributed by atoms with Gasteiger partial charge in [0.05, 0.1) is 6.42 Å². The van der Waals surface area contributed by atoms with Gasteiger partial charge < -0.3 is 10.2 Å². The SMILES string of the molecule is CC(C)CNC(=O)[C@@H](Cc1ccccc1)N(Cc1cccc(Cl)c1)C(=O)Cc1ccc(F)cc1. The minimum Gasteiger partial charge on any atom is -0.354 e. The van der Waals surface area contributed by atoms with Crippen molar-refractivity contribution >= 4 is 23.4 Å². The Hall–Kier alpha value is -3.18. The number of hydrogen-bond donors (Lipinski definition) is 1. The zero-order valence-corrected chi connectivity index (χ0v) is 20.3. The average Bonchev–Trinajstić information content (AvgIpc) is 2.82. The quantitative estimate of drug-likeness (QED) is 0.420. The third kappa shape index (κ3) is 7.70. The summed E-state index contributed by atoms with van der Waals surface area (Å²) in [5.74, 6) is -0.501. The van der Waals surface area contributed by atoms with Crippen LogP contribution >= 0.6 is 11.6 Å². The standard InChI is InChI=1S/C28H30ClFN2O2/c1-20(2)18-31-28(34)26(16-21-7-4-3-5-8-21)32(19-23-9-6-10-24(29)15-23)27(33)17-22-11-13-25(30)14-12-22/h3-15,20,26H,16-19H2,1-2H3,(H,31,34)/t26-/m1/s1. The number of halogens is 2. The zero-order chi connectivity index (χ0) is 24.5. The molecule has 34 heavy (non-hydrogen) atoms. The summed E-state index contributed by atoms with van der Waals surface area (Å²) in [6, 6.07) is 22.1. The molecule has 0 saturated carbocycles. The van der Waals surface area contributed by atoms with E-state index in [1.165, 1.54) is 12.1 Å². The maximum Gasteiger partial charge on any atom is 0.243 e. The molecule has 0 heterocycles. The second kappa shape index (κ2) is 12.3. The smallest absolute Gasteiger partial charge is 0.243 e. The first-order chi connectivity index (χ1) is 16.3. The van der Waals surface area contributed by atoms with E-state index in [0.29, 0.717) is 23.6 Å². The molecule has 0 radical (unpaired) electrons. The van der Waals surface area contributed by atoms with E-state index in [0.717, 1.165) is 11.1 Å². The molecule has 0 fully saturated rings. The molecule has 0 aliphatic carbocycles. The van der Waals surface area contributed by atoms with Crippen LogP contribution in [0, 0.1) is 11.7 Å². The van der Waals surface area contributed by atoms with Gasteiger partial charge in [0.1, 0.15) is 11.9 Å². The average molecular weight is 481 g/mol. The summed E-state index contributed by atoms with van der Waals surface area (Å²) in [5, 5.41) is 3.56. The monoisotopic (exact) mass is 480 g/mol. The van der Waals surface area contributed by atoms with Gasteiger partial charge in [-0.15, -0.1) is 0 Å². The Kier molecular flexibility index (Phi) is 9.23. The van der Waals surface area contributed by atoms with Crippen LogP contribution in [0.2, 0.25) is 5.02 Å². The van der Waals surface area contributed by atoms with E-state index >= 15 is 0 Å². The maximum atomic E-state index is 13.6. The van der Waals surface area contributed by atoms with Crippen molar-refractivity contribution in [2.24, 2.45) is 5.92 Å². The summed E-state index contributed by atoms with van der Waals surface area (Å²) in [6.45, 7) is 4.79. The zero-order valence-electron chi connectivity index (χ0n) is 19.5. The summed E-state index contributed by atoms with van der Waals surface area (Å²) < 4.78 is 13.4. The fourth-order valence-electron chi connectivity index (χ4n) is 3.69. The van der Waals surface area contributed by atoms with Crippen LogP contribution in [0.1, 0.15) is 30.5 Å². The van der Waals surface area contributed by atoms with Gasteiger partial charge in [-0.3, -0.25) is 9.59 Å². The fraction of sp³-hybridized carbons (Fsp3) is 0.286. The number of carbonyl (C=O) groups excluding carboxylic acids is 2. The summed E-state index contributed by atoms with van der Waals surface area (Å²) in [4.78, 5) is 28.6. The van der Waals surface area contributed by atoms with E-state index in [1.807, 2.05) is 56.3 Å². The van der Waals surface area contributed by atoms with Gasteiger partial charge in [0.2, 0.25) is 11.8 Å². The van der Waals surface area contributed by atoms with Crippen LogP contribution in [0.15, 0.2) is 78.9 Å².